The normalized spacial score (nSPS) is 12.0. The van der Waals surface area contributed by atoms with Gasteiger partial charge in [-0.25, -0.2) is 0 Å². The molecule has 0 fully saturated rings. The van der Waals surface area contributed by atoms with E-state index in [2.05, 4.69) is 0 Å². The van der Waals surface area contributed by atoms with Crippen molar-refractivity contribution in [2.45, 2.75) is 19.9 Å². The van der Waals surface area contributed by atoms with Crippen LogP contribution in [0.3, 0.4) is 0 Å². The van der Waals surface area contributed by atoms with Gasteiger partial charge in [0.15, 0.2) is 0 Å². The Balaban J connectivity index is 2.31. The predicted octanol–water partition coefficient (Wildman–Crippen LogP) is 3.56. The summed E-state index contributed by atoms with van der Waals surface area (Å²) in [6.07, 6.45) is 0. The molecule has 0 bridgehead atoms. The van der Waals surface area contributed by atoms with E-state index in [-0.39, 0.29) is 11.9 Å². The third-order valence-electron chi connectivity index (χ3n) is 3.43. The molecule has 4 nitrogen and oxygen atoms in total. The van der Waals surface area contributed by atoms with Crippen LogP contribution in [0.1, 0.15) is 35.1 Å². The predicted molar refractivity (Wildman–Crippen MR) is 86.9 cm³/mol. The Hall–Kier alpha value is -2.01. The first-order valence-electron chi connectivity index (χ1n) is 6.88. The summed E-state index contributed by atoms with van der Waals surface area (Å²) >= 11 is 1.63. The number of hydrogen-bond donors (Lipinski definition) is 1. The van der Waals surface area contributed by atoms with E-state index in [1.165, 1.54) is 0 Å². The van der Waals surface area contributed by atoms with Gasteiger partial charge in [0.1, 0.15) is 11.3 Å². The molecule has 1 amide bonds. The molecule has 0 radical (unpaired) electrons. The number of rotatable bonds is 5. The first kappa shape index (κ1) is 15.4. The van der Waals surface area contributed by atoms with Gasteiger partial charge in [0, 0.05) is 17.6 Å². The molecular weight excluding hydrogens is 284 g/mol. The second kappa shape index (κ2) is 6.63. The Labute approximate surface area is 129 Å². The monoisotopic (exact) mass is 304 g/mol. The smallest absolute Gasteiger partial charge is 0.260 e. The van der Waals surface area contributed by atoms with Gasteiger partial charge in [-0.1, -0.05) is 12.1 Å². The minimum atomic E-state index is -0.127. The summed E-state index contributed by atoms with van der Waals surface area (Å²) in [5, 5.41) is 2.01. The number of nitrogens with zero attached hydrogens (tertiary/aromatic N) is 1. The van der Waals surface area contributed by atoms with Gasteiger partial charge in [0.05, 0.1) is 12.6 Å². The Morgan fingerprint density at radius 2 is 2.14 bits per heavy atom. The lowest BCUT2D eigenvalue weighted by Gasteiger charge is -2.25. The van der Waals surface area contributed by atoms with Crippen molar-refractivity contribution in [3.8, 4) is 5.75 Å². The molecule has 21 heavy (non-hydrogen) atoms. The number of carbonyl (C=O) groups excluding carboxylic acids is 1. The van der Waals surface area contributed by atoms with Gasteiger partial charge in [-0.05, 0) is 37.4 Å². The van der Waals surface area contributed by atoms with Crippen molar-refractivity contribution in [3.63, 3.8) is 0 Å². The molecule has 2 rings (SSSR count). The molecule has 0 aliphatic heterocycles. The SMILES string of the molecule is CCOc1cccc(N)c1C(=O)N(C)C(C)c1cccs1. The lowest BCUT2D eigenvalue weighted by atomic mass is 10.1. The molecule has 2 aromatic rings. The van der Waals surface area contributed by atoms with Crippen LogP contribution in [0.2, 0.25) is 0 Å². The second-order valence-corrected chi connectivity index (χ2v) is 5.74. The first-order valence-corrected chi connectivity index (χ1v) is 7.76. The molecule has 2 N–H and O–H groups in total. The Morgan fingerprint density at radius 1 is 1.38 bits per heavy atom. The van der Waals surface area contributed by atoms with Crippen LogP contribution in [0, 0.1) is 0 Å². The van der Waals surface area contributed by atoms with Crippen LogP contribution in [-0.2, 0) is 0 Å². The van der Waals surface area contributed by atoms with Crippen molar-refractivity contribution in [1.82, 2.24) is 4.90 Å². The molecule has 0 aliphatic carbocycles. The number of hydrogen-bond acceptors (Lipinski definition) is 4. The molecule has 1 aromatic carbocycles. The fraction of sp³-hybridized carbons (Fsp3) is 0.312. The number of ether oxygens (including phenoxy) is 1. The molecule has 0 saturated heterocycles. The van der Waals surface area contributed by atoms with Crippen molar-refractivity contribution in [2.24, 2.45) is 0 Å². The van der Waals surface area contributed by atoms with Gasteiger partial charge in [0.2, 0.25) is 0 Å². The summed E-state index contributed by atoms with van der Waals surface area (Å²) in [5.74, 6) is 0.408. The molecule has 1 heterocycles. The highest BCUT2D eigenvalue weighted by atomic mass is 32.1. The summed E-state index contributed by atoms with van der Waals surface area (Å²) in [6.45, 7) is 4.38. The second-order valence-electron chi connectivity index (χ2n) is 4.76. The van der Waals surface area contributed by atoms with Crippen LogP contribution in [0.15, 0.2) is 35.7 Å². The minimum absolute atomic E-state index is 0.00779. The number of benzene rings is 1. The van der Waals surface area contributed by atoms with Crippen molar-refractivity contribution in [3.05, 3.63) is 46.2 Å². The van der Waals surface area contributed by atoms with Gasteiger partial charge in [-0.15, -0.1) is 11.3 Å². The average Bonchev–Trinajstić information content (AvgIpc) is 3.00. The molecule has 0 saturated carbocycles. The number of nitrogen functional groups attached to an aromatic ring is 1. The summed E-state index contributed by atoms with van der Waals surface area (Å²) in [4.78, 5) is 15.6. The van der Waals surface area contributed by atoms with Crippen LogP contribution in [0.25, 0.3) is 0 Å². The van der Waals surface area contributed by atoms with Crippen molar-refractivity contribution in [1.29, 1.82) is 0 Å². The fourth-order valence-corrected chi connectivity index (χ4v) is 2.95. The molecule has 1 aromatic heterocycles. The van der Waals surface area contributed by atoms with Gasteiger partial charge in [-0.2, -0.15) is 0 Å². The summed E-state index contributed by atoms with van der Waals surface area (Å²) in [5.41, 5.74) is 6.86. The number of anilines is 1. The van der Waals surface area contributed by atoms with Crippen LogP contribution >= 0.6 is 11.3 Å². The maximum atomic E-state index is 12.8. The van der Waals surface area contributed by atoms with Crippen molar-refractivity contribution < 1.29 is 9.53 Å². The Morgan fingerprint density at radius 3 is 2.76 bits per heavy atom. The molecule has 1 atom stereocenters. The number of nitrogens with two attached hydrogens (primary N) is 1. The van der Waals surface area contributed by atoms with Gasteiger partial charge >= 0.3 is 0 Å². The van der Waals surface area contributed by atoms with E-state index < -0.39 is 0 Å². The lowest BCUT2D eigenvalue weighted by molar-refractivity contribution is 0.0742. The standard InChI is InChI=1S/C16H20N2O2S/c1-4-20-13-8-5-7-12(17)15(13)16(19)18(3)11(2)14-9-6-10-21-14/h5-11H,4,17H2,1-3H3. The number of thiophene rings is 1. The molecule has 1 unspecified atom stereocenters. The zero-order valence-corrected chi connectivity index (χ0v) is 13.3. The zero-order chi connectivity index (χ0) is 15.4. The van der Waals surface area contributed by atoms with Crippen LogP contribution in [0.5, 0.6) is 5.75 Å². The molecule has 112 valence electrons. The summed E-state index contributed by atoms with van der Waals surface area (Å²) in [6, 6.07) is 9.29. The maximum absolute atomic E-state index is 12.8. The Kier molecular flexibility index (Phi) is 4.85. The molecule has 0 spiro atoms. The van der Waals surface area contributed by atoms with E-state index >= 15 is 0 Å². The van der Waals surface area contributed by atoms with Gasteiger partial charge in [-0.3, -0.25) is 4.79 Å². The van der Waals surface area contributed by atoms with Gasteiger partial charge < -0.3 is 15.4 Å². The van der Waals surface area contributed by atoms with Crippen molar-refractivity contribution >= 4 is 22.9 Å². The first-order chi connectivity index (χ1) is 10.1. The zero-order valence-electron chi connectivity index (χ0n) is 12.5. The van der Waals surface area contributed by atoms with E-state index in [0.29, 0.717) is 23.6 Å². The van der Waals surface area contributed by atoms with Crippen molar-refractivity contribution in [2.75, 3.05) is 19.4 Å². The van der Waals surface area contributed by atoms with E-state index in [1.807, 2.05) is 31.4 Å². The third kappa shape index (κ3) is 3.19. The highest BCUT2D eigenvalue weighted by molar-refractivity contribution is 7.10. The average molecular weight is 304 g/mol. The topological polar surface area (TPSA) is 55.6 Å². The fourth-order valence-electron chi connectivity index (χ4n) is 2.12. The summed E-state index contributed by atoms with van der Waals surface area (Å²) in [7, 11) is 1.79. The quantitative estimate of drug-likeness (QED) is 0.859. The Bertz CT molecular complexity index is 611. The molecular formula is C16H20N2O2S. The number of carbonyl (C=O) groups is 1. The minimum Gasteiger partial charge on any atom is -0.493 e. The van der Waals surface area contributed by atoms with E-state index in [1.54, 1.807) is 41.5 Å². The van der Waals surface area contributed by atoms with Crippen LogP contribution in [-0.4, -0.2) is 24.5 Å². The van der Waals surface area contributed by atoms with Crippen LogP contribution in [0.4, 0.5) is 5.69 Å². The summed E-state index contributed by atoms with van der Waals surface area (Å²) < 4.78 is 5.53. The molecule has 0 aliphatic rings. The maximum Gasteiger partial charge on any atom is 0.260 e. The van der Waals surface area contributed by atoms with Crippen LogP contribution < -0.4 is 10.5 Å². The number of amides is 1. The molecule has 5 heteroatoms. The lowest BCUT2D eigenvalue weighted by Crippen LogP contribution is -2.30. The van der Waals surface area contributed by atoms with E-state index in [9.17, 15) is 4.79 Å². The largest absolute Gasteiger partial charge is 0.493 e. The van der Waals surface area contributed by atoms with E-state index in [0.717, 1.165) is 4.88 Å². The highest BCUT2D eigenvalue weighted by Crippen LogP contribution is 2.30. The van der Waals surface area contributed by atoms with E-state index in [4.69, 9.17) is 10.5 Å². The third-order valence-corrected chi connectivity index (χ3v) is 4.47. The van der Waals surface area contributed by atoms with Gasteiger partial charge in [0.25, 0.3) is 5.91 Å². The highest BCUT2D eigenvalue weighted by Gasteiger charge is 2.24.